The first-order chi connectivity index (χ1) is 7.74. The highest BCUT2D eigenvalue weighted by Crippen LogP contribution is 2.32. The molecule has 2 heteroatoms. The molecule has 2 nitrogen and oxygen atoms in total. The molecule has 0 amide bonds. The van der Waals surface area contributed by atoms with Crippen molar-refractivity contribution in [2.75, 3.05) is 13.1 Å². The molecular weight excluding hydrogens is 196 g/mol. The Balaban J connectivity index is 2.81. The Morgan fingerprint density at radius 1 is 1.25 bits per heavy atom. The number of nitrogens with two attached hydrogens (primary N) is 1. The van der Waals surface area contributed by atoms with Gasteiger partial charge in [-0.15, -0.1) is 0 Å². The van der Waals surface area contributed by atoms with E-state index in [4.69, 9.17) is 5.73 Å². The fourth-order valence-electron chi connectivity index (χ4n) is 3.40. The van der Waals surface area contributed by atoms with E-state index in [2.05, 4.69) is 25.7 Å². The maximum absolute atomic E-state index is 6.11. The van der Waals surface area contributed by atoms with Crippen LogP contribution in [-0.4, -0.2) is 29.6 Å². The number of likely N-dealkylation sites (tertiary alicyclic amines) is 1. The molecule has 1 heterocycles. The Bertz CT molecular complexity index is 187. The maximum atomic E-state index is 6.11. The van der Waals surface area contributed by atoms with Gasteiger partial charge in [0.05, 0.1) is 0 Å². The molecule has 0 bridgehead atoms. The van der Waals surface area contributed by atoms with Gasteiger partial charge in [-0.1, -0.05) is 33.6 Å². The summed E-state index contributed by atoms with van der Waals surface area (Å²) in [5, 5.41) is 0. The molecular formula is C14H30N2. The van der Waals surface area contributed by atoms with Crippen LogP contribution >= 0.6 is 0 Å². The van der Waals surface area contributed by atoms with Crippen LogP contribution in [0.15, 0.2) is 0 Å². The van der Waals surface area contributed by atoms with Gasteiger partial charge in [0.1, 0.15) is 0 Å². The summed E-state index contributed by atoms with van der Waals surface area (Å²) in [6.07, 6.45) is 9.14. The van der Waals surface area contributed by atoms with Crippen LogP contribution in [0.5, 0.6) is 0 Å². The van der Waals surface area contributed by atoms with Gasteiger partial charge in [0.15, 0.2) is 0 Å². The zero-order valence-corrected chi connectivity index (χ0v) is 11.5. The second-order valence-corrected chi connectivity index (χ2v) is 5.28. The Kier molecular flexibility index (Phi) is 5.77. The zero-order chi connectivity index (χ0) is 12.0. The van der Waals surface area contributed by atoms with Crippen LogP contribution in [-0.2, 0) is 0 Å². The van der Waals surface area contributed by atoms with E-state index in [1.54, 1.807) is 0 Å². The van der Waals surface area contributed by atoms with E-state index in [1.165, 1.54) is 51.5 Å². The lowest BCUT2D eigenvalue weighted by Gasteiger charge is -2.49. The average molecular weight is 226 g/mol. The Morgan fingerprint density at radius 2 is 2.00 bits per heavy atom. The van der Waals surface area contributed by atoms with Crippen molar-refractivity contribution in [3.63, 3.8) is 0 Å². The van der Waals surface area contributed by atoms with Gasteiger partial charge in [-0.3, -0.25) is 4.90 Å². The molecule has 2 atom stereocenters. The number of piperidine rings is 1. The standard InChI is InChI=1S/C14H30N2/c1-4-10-14(6-3,12-15)16-11-8-7-9-13(16)5-2/h13H,4-12,15H2,1-3H3. The van der Waals surface area contributed by atoms with E-state index in [-0.39, 0.29) is 5.54 Å². The van der Waals surface area contributed by atoms with Crippen LogP contribution in [0.3, 0.4) is 0 Å². The summed E-state index contributed by atoms with van der Waals surface area (Å²) in [7, 11) is 0. The van der Waals surface area contributed by atoms with Crippen molar-refractivity contribution in [1.29, 1.82) is 0 Å². The Morgan fingerprint density at radius 3 is 2.50 bits per heavy atom. The van der Waals surface area contributed by atoms with Crippen molar-refractivity contribution < 1.29 is 0 Å². The van der Waals surface area contributed by atoms with E-state index in [9.17, 15) is 0 Å². The molecule has 1 saturated heterocycles. The van der Waals surface area contributed by atoms with E-state index < -0.39 is 0 Å². The van der Waals surface area contributed by atoms with Crippen molar-refractivity contribution in [3.05, 3.63) is 0 Å². The largest absolute Gasteiger partial charge is 0.329 e. The molecule has 0 radical (unpaired) electrons. The fourth-order valence-corrected chi connectivity index (χ4v) is 3.40. The Hall–Kier alpha value is -0.0800. The fraction of sp³-hybridized carbons (Fsp3) is 1.00. The number of hydrogen-bond donors (Lipinski definition) is 1. The number of nitrogens with zero attached hydrogens (tertiary/aromatic N) is 1. The molecule has 0 spiro atoms. The predicted octanol–water partition coefficient (Wildman–Crippen LogP) is 3.16. The smallest absolute Gasteiger partial charge is 0.0331 e. The van der Waals surface area contributed by atoms with Gasteiger partial charge in [-0.25, -0.2) is 0 Å². The van der Waals surface area contributed by atoms with E-state index in [0.29, 0.717) is 0 Å². The summed E-state index contributed by atoms with van der Waals surface area (Å²) in [4.78, 5) is 2.75. The first kappa shape index (κ1) is 14.0. The topological polar surface area (TPSA) is 29.3 Å². The number of rotatable bonds is 6. The van der Waals surface area contributed by atoms with Crippen LogP contribution in [0, 0.1) is 0 Å². The molecule has 16 heavy (non-hydrogen) atoms. The van der Waals surface area contributed by atoms with Crippen LogP contribution in [0.2, 0.25) is 0 Å². The third-order valence-electron chi connectivity index (χ3n) is 4.46. The Labute approximate surface area is 102 Å². The second-order valence-electron chi connectivity index (χ2n) is 5.28. The highest BCUT2D eigenvalue weighted by Gasteiger charge is 2.37. The van der Waals surface area contributed by atoms with E-state index in [1.807, 2.05) is 0 Å². The zero-order valence-electron chi connectivity index (χ0n) is 11.5. The van der Waals surface area contributed by atoms with Gasteiger partial charge in [0, 0.05) is 18.1 Å². The molecule has 1 aliphatic heterocycles. The van der Waals surface area contributed by atoms with Crippen molar-refractivity contribution in [2.45, 2.75) is 77.3 Å². The third-order valence-corrected chi connectivity index (χ3v) is 4.46. The highest BCUT2D eigenvalue weighted by molar-refractivity contribution is 4.95. The van der Waals surface area contributed by atoms with Gasteiger partial charge in [-0.2, -0.15) is 0 Å². The highest BCUT2D eigenvalue weighted by atomic mass is 15.2. The summed E-state index contributed by atoms with van der Waals surface area (Å²) in [5.74, 6) is 0. The van der Waals surface area contributed by atoms with Crippen molar-refractivity contribution in [2.24, 2.45) is 5.73 Å². The SMILES string of the molecule is CCCC(CC)(CN)N1CCCCC1CC. The normalized spacial score (nSPS) is 26.6. The minimum absolute atomic E-state index is 0.288. The molecule has 0 aromatic carbocycles. The monoisotopic (exact) mass is 226 g/mol. The molecule has 1 fully saturated rings. The average Bonchev–Trinajstić information content (AvgIpc) is 2.36. The molecule has 0 saturated carbocycles. The molecule has 1 rings (SSSR count). The molecule has 0 aromatic heterocycles. The lowest BCUT2D eigenvalue weighted by molar-refractivity contribution is 0.0108. The summed E-state index contributed by atoms with van der Waals surface area (Å²) >= 11 is 0. The first-order valence-electron chi connectivity index (χ1n) is 7.20. The molecule has 0 aliphatic carbocycles. The minimum Gasteiger partial charge on any atom is -0.329 e. The van der Waals surface area contributed by atoms with Crippen LogP contribution in [0.4, 0.5) is 0 Å². The van der Waals surface area contributed by atoms with Gasteiger partial charge in [0.25, 0.3) is 0 Å². The van der Waals surface area contributed by atoms with Crippen LogP contribution in [0.25, 0.3) is 0 Å². The van der Waals surface area contributed by atoms with E-state index in [0.717, 1.165) is 12.6 Å². The maximum Gasteiger partial charge on any atom is 0.0331 e. The molecule has 96 valence electrons. The van der Waals surface area contributed by atoms with Gasteiger partial charge >= 0.3 is 0 Å². The lowest BCUT2D eigenvalue weighted by Crippen LogP contribution is -2.58. The lowest BCUT2D eigenvalue weighted by atomic mass is 9.84. The summed E-state index contributed by atoms with van der Waals surface area (Å²) in [6.45, 7) is 9.01. The van der Waals surface area contributed by atoms with Crippen molar-refractivity contribution in [1.82, 2.24) is 4.90 Å². The first-order valence-corrected chi connectivity index (χ1v) is 7.20. The summed E-state index contributed by atoms with van der Waals surface area (Å²) in [5.41, 5.74) is 6.40. The molecule has 2 N–H and O–H groups in total. The predicted molar refractivity (Wildman–Crippen MR) is 71.6 cm³/mol. The molecule has 0 aromatic rings. The van der Waals surface area contributed by atoms with Crippen molar-refractivity contribution in [3.8, 4) is 0 Å². The molecule has 1 aliphatic rings. The van der Waals surface area contributed by atoms with E-state index >= 15 is 0 Å². The van der Waals surface area contributed by atoms with Crippen LogP contribution < -0.4 is 5.73 Å². The molecule has 2 unspecified atom stereocenters. The second kappa shape index (κ2) is 6.61. The van der Waals surface area contributed by atoms with Crippen LogP contribution in [0.1, 0.15) is 65.7 Å². The minimum atomic E-state index is 0.288. The van der Waals surface area contributed by atoms with Crippen molar-refractivity contribution >= 4 is 0 Å². The van der Waals surface area contributed by atoms with Gasteiger partial charge in [-0.05, 0) is 38.6 Å². The summed E-state index contributed by atoms with van der Waals surface area (Å²) in [6, 6.07) is 0.781. The quantitative estimate of drug-likeness (QED) is 0.754. The van der Waals surface area contributed by atoms with Gasteiger partial charge in [0.2, 0.25) is 0 Å². The summed E-state index contributed by atoms with van der Waals surface area (Å²) < 4.78 is 0. The third kappa shape index (κ3) is 2.78. The number of hydrogen-bond acceptors (Lipinski definition) is 2. The van der Waals surface area contributed by atoms with Gasteiger partial charge < -0.3 is 5.73 Å².